The van der Waals surface area contributed by atoms with Gasteiger partial charge in [0, 0.05) is 25.4 Å². The molecule has 2 atom stereocenters. The van der Waals surface area contributed by atoms with Crippen LogP contribution in [-0.4, -0.2) is 57.4 Å². The SMILES string of the molecule is CC1(C)CC(Nc2ncc3c(n2)CN(C(=O)N[C@H](CO)c2ccc(Cl)c(F)c2)CC3)CCO1. The lowest BCUT2D eigenvalue weighted by molar-refractivity contribution is -0.0554. The number of urea groups is 1. The number of rotatable bonds is 5. The number of aromatic nitrogens is 2. The first-order valence-electron chi connectivity index (χ1n) is 11.1. The molecule has 8 nitrogen and oxygen atoms in total. The van der Waals surface area contributed by atoms with Crippen LogP contribution in [0, 0.1) is 5.82 Å². The average molecular weight is 478 g/mol. The fourth-order valence-electron chi connectivity index (χ4n) is 4.29. The summed E-state index contributed by atoms with van der Waals surface area (Å²) in [6.07, 6.45) is 4.19. The minimum atomic E-state index is -0.745. The van der Waals surface area contributed by atoms with E-state index in [1.807, 2.05) is 6.20 Å². The number of benzene rings is 1. The van der Waals surface area contributed by atoms with Gasteiger partial charge < -0.3 is 25.4 Å². The van der Waals surface area contributed by atoms with E-state index in [9.17, 15) is 14.3 Å². The highest BCUT2D eigenvalue weighted by Crippen LogP contribution is 2.26. The summed E-state index contributed by atoms with van der Waals surface area (Å²) in [6.45, 7) is 5.29. The Morgan fingerprint density at radius 2 is 2.27 bits per heavy atom. The van der Waals surface area contributed by atoms with Gasteiger partial charge >= 0.3 is 6.03 Å². The maximum Gasteiger partial charge on any atom is 0.318 e. The predicted molar refractivity (Wildman–Crippen MR) is 123 cm³/mol. The minimum Gasteiger partial charge on any atom is -0.394 e. The topological polar surface area (TPSA) is 99.6 Å². The molecule has 1 aromatic heterocycles. The van der Waals surface area contributed by atoms with E-state index in [4.69, 9.17) is 16.3 Å². The number of hydrogen-bond donors (Lipinski definition) is 3. The Hall–Kier alpha value is -2.49. The van der Waals surface area contributed by atoms with E-state index < -0.39 is 11.9 Å². The summed E-state index contributed by atoms with van der Waals surface area (Å²) in [7, 11) is 0. The van der Waals surface area contributed by atoms with Gasteiger partial charge in [0.25, 0.3) is 0 Å². The zero-order chi connectivity index (χ0) is 23.6. The van der Waals surface area contributed by atoms with Crippen molar-refractivity contribution in [3.05, 3.63) is 52.1 Å². The van der Waals surface area contributed by atoms with Crippen molar-refractivity contribution in [2.45, 2.75) is 57.3 Å². The zero-order valence-corrected chi connectivity index (χ0v) is 19.5. The Labute approximate surface area is 197 Å². The van der Waals surface area contributed by atoms with Gasteiger partial charge in [-0.05, 0) is 56.4 Å². The molecule has 10 heteroatoms. The highest BCUT2D eigenvalue weighted by atomic mass is 35.5. The number of anilines is 1. The minimum absolute atomic E-state index is 0.0113. The lowest BCUT2D eigenvalue weighted by Crippen LogP contribution is -2.45. The third kappa shape index (κ3) is 5.72. The van der Waals surface area contributed by atoms with Gasteiger partial charge in [-0.3, -0.25) is 0 Å². The quantitative estimate of drug-likeness (QED) is 0.610. The molecule has 0 bridgehead atoms. The van der Waals surface area contributed by atoms with Gasteiger partial charge in [-0.15, -0.1) is 0 Å². The molecule has 1 unspecified atom stereocenters. The molecule has 4 rings (SSSR count). The molecule has 0 radical (unpaired) electrons. The predicted octanol–water partition coefficient (Wildman–Crippen LogP) is 3.44. The molecule has 0 saturated carbocycles. The number of nitrogens with one attached hydrogen (secondary N) is 2. The molecule has 3 N–H and O–H groups in total. The van der Waals surface area contributed by atoms with Crippen LogP contribution in [0.1, 0.15) is 49.6 Å². The van der Waals surface area contributed by atoms with Gasteiger partial charge in [-0.1, -0.05) is 17.7 Å². The van der Waals surface area contributed by atoms with Crippen LogP contribution in [0.3, 0.4) is 0 Å². The van der Waals surface area contributed by atoms with Crippen LogP contribution < -0.4 is 10.6 Å². The van der Waals surface area contributed by atoms with Gasteiger partial charge in [0.2, 0.25) is 5.95 Å². The summed E-state index contributed by atoms with van der Waals surface area (Å²) in [4.78, 5) is 23.6. The van der Waals surface area contributed by atoms with E-state index >= 15 is 0 Å². The maximum atomic E-state index is 13.8. The van der Waals surface area contributed by atoms with E-state index in [2.05, 4.69) is 34.4 Å². The van der Waals surface area contributed by atoms with Crippen molar-refractivity contribution >= 4 is 23.6 Å². The molecule has 0 spiro atoms. The maximum absolute atomic E-state index is 13.8. The van der Waals surface area contributed by atoms with Gasteiger partial charge in [0.15, 0.2) is 0 Å². The second-order valence-electron chi connectivity index (χ2n) is 9.14. The van der Waals surface area contributed by atoms with Crippen LogP contribution in [0.2, 0.25) is 5.02 Å². The van der Waals surface area contributed by atoms with Gasteiger partial charge in [-0.2, -0.15) is 0 Å². The van der Waals surface area contributed by atoms with Crippen LogP contribution in [0.5, 0.6) is 0 Å². The Morgan fingerprint density at radius 1 is 1.45 bits per heavy atom. The number of fused-ring (bicyclic) bond motifs is 1. The molecule has 0 aliphatic carbocycles. The first-order valence-corrected chi connectivity index (χ1v) is 11.5. The summed E-state index contributed by atoms with van der Waals surface area (Å²) in [5.74, 6) is -0.0537. The van der Waals surface area contributed by atoms with Crippen LogP contribution in [-0.2, 0) is 17.7 Å². The van der Waals surface area contributed by atoms with Crippen LogP contribution >= 0.6 is 11.6 Å². The van der Waals surface area contributed by atoms with Crippen LogP contribution in [0.25, 0.3) is 0 Å². The van der Waals surface area contributed by atoms with Crippen molar-refractivity contribution in [1.29, 1.82) is 0 Å². The van der Waals surface area contributed by atoms with Crippen molar-refractivity contribution in [2.24, 2.45) is 0 Å². The highest BCUT2D eigenvalue weighted by Gasteiger charge is 2.30. The second kappa shape index (κ2) is 9.79. The summed E-state index contributed by atoms with van der Waals surface area (Å²) < 4.78 is 19.6. The lowest BCUT2D eigenvalue weighted by Gasteiger charge is -2.36. The summed E-state index contributed by atoms with van der Waals surface area (Å²) in [5.41, 5.74) is 2.06. The fourth-order valence-corrected chi connectivity index (χ4v) is 4.40. The summed E-state index contributed by atoms with van der Waals surface area (Å²) >= 11 is 5.74. The lowest BCUT2D eigenvalue weighted by atomic mass is 9.94. The van der Waals surface area contributed by atoms with E-state index in [1.54, 1.807) is 11.0 Å². The van der Waals surface area contributed by atoms with Crippen molar-refractivity contribution in [3.63, 3.8) is 0 Å². The molecule has 2 aliphatic heterocycles. The highest BCUT2D eigenvalue weighted by molar-refractivity contribution is 6.30. The number of hydrogen-bond acceptors (Lipinski definition) is 6. The number of carbonyl (C=O) groups excluding carboxylic acids is 1. The van der Waals surface area contributed by atoms with Gasteiger partial charge in [-0.25, -0.2) is 19.2 Å². The van der Waals surface area contributed by atoms with Gasteiger partial charge in [0.05, 0.1) is 35.5 Å². The third-order valence-electron chi connectivity index (χ3n) is 6.09. The average Bonchev–Trinajstić information content (AvgIpc) is 2.78. The number of amides is 2. The smallest absolute Gasteiger partial charge is 0.318 e. The molecular formula is C23H29ClFN5O3. The van der Waals surface area contributed by atoms with E-state index in [1.165, 1.54) is 12.1 Å². The van der Waals surface area contributed by atoms with Crippen molar-refractivity contribution in [3.8, 4) is 0 Å². The molecule has 1 fully saturated rings. The molecule has 2 aromatic rings. The molecule has 2 amide bonds. The van der Waals surface area contributed by atoms with Crippen molar-refractivity contribution in [2.75, 3.05) is 25.1 Å². The molecule has 33 heavy (non-hydrogen) atoms. The second-order valence-corrected chi connectivity index (χ2v) is 9.54. The fraction of sp³-hybridized carbons (Fsp3) is 0.522. The van der Waals surface area contributed by atoms with Gasteiger partial charge in [0.1, 0.15) is 5.82 Å². The molecule has 2 aliphatic rings. The molecule has 3 heterocycles. The van der Waals surface area contributed by atoms with E-state index in [0.717, 1.165) is 24.1 Å². The van der Waals surface area contributed by atoms with Crippen molar-refractivity contribution in [1.82, 2.24) is 20.2 Å². The molecule has 178 valence electrons. The van der Waals surface area contributed by atoms with E-state index in [-0.39, 0.29) is 29.3 Å². The Kier molecular flexibility index (Phi) is 7.02. The number of aliphatic hydroxyl groups excluding tert-OH is 1. The monoisotopic (exact) mass is 477 g/mol. The normalized spacial score (nSPS) is 20.6. The number of carbonyl (C=O) groups is 1. The molecule has 1 aromatic carbocycles. The number of ether oxygens (including phenoxy) is 1. The number of halogens is 2. The summed E-state index contributed by atoms with van der Waals surface area (Å²) in [5, 5.41) is 15.9. The first-order chi connectivity index (χ1) is 15.7. The Morgan fingerprint density at radius 3 is 3.00 bits per heavy atom. The van der Waals surface area contributed by atoms with Crippen molar-refractivity contribution < 1.29 is 19.0 Å². The van der Waals surface area contributed by atoms with Crippen LogP contribution in [0.15, 0.2) is 24.4 Å². The standard InChI is InChI=1S/C23H29ClFN5O3/c1-23(2)10-16(6-8-33-23)27-21-26-11-15-5-7-30(12-19(15)28-21)22(32)29-20(13-31)14-3-4-17(24)18(25)9-14/h3-4,9,11,16,20,31H,5-8,10,12-13H2,1-2H3,(H,29,32)(H,26,27,28)/t16?,20-/m1/s1. The third-order valence-corrected chi connectivity index (χ3v) is 6.40. The first kappa shape index (κ1) is 23.7. The largest absolute Gasteiger partial charge is 0.394 e. The number of nitrogens with zero attached hydrogens (tertiary/aromatic N) is 3. The Bertz CT molecular complexity index is 1020. The van der Waals surface area contributed by atoms with Crippen LogP contribution in [0.4, 0.5) is 15.1 Å². The molecular weight excluding hydrogens is 449 g/mol. The number of aliphatic hydroxyl groups is 1. The van der Waals surface area contributed by atoms with E-state index in [0.29, 0.717) is 37.6 Å². The summed E-state index contributed by atoms with van der Waals surface area (Å²) in [6, 6.07) is 3.33. The molecule has 1 saturated heterocycles. The Balaban J connectivity index is 1.41. The zero-order valence-electron chi connectivity index (χ0n) is 18.8.